The molecular formula is C27H30N6O3. The molecule has 0 saturated heterocycles. The highest BCUT2D eigenvalue weighted by Crippen LogP contribution is 2.30. The molecule has 0 radical (unpaired) electrons. The molecule has 186 valence electrons. The number of likely N-dealkylation sites (N-methyl/N-ethyl adjacent to an activating group) is 1. The van der Waals surface area contributed by atoms with Gasteiger partial charge in [0, 0.05) is 55.3 Å². The van der Waals surface area contributed by atoms with Crippen LogP contribution in [0.25, 0.3) is 11.1 Å². The number of carbonyl (C=O) groups excluding carboxylic acids is 1. The van der Waals surface area contributed by atoms with Gasteiger partial charge in [0.2, 0.25) is 5.88 Å². The number of nitrogens with zero attached hydrogens (tertiary/aromatic N) is 6. The quantitative estimate of drug-likeness (QED) is 0.542. The zero-order chi connectivity index (χ0) is 25.7. The highest BCUT2D eigenvalue weighted by Gasteiger charge is 2.34. The first-order chi connectivity index (χ1) is 17.4. The molecule has 3 aromatic rings. The summed E-state index contributed by atoms with van der Waals surface area (Å²) in [5.41, 5.74) is 3.36. The van der Waals surface area contributed by atoms with Crippen LogP contribution in [0.4, 0.5) is 0 Å². The lowest BCUT2D eigenvalue weighted by molar-refractivity contribution is 0.0325. The smallest absolute Gasteiger partial charge is 0.259 e. The van der Waals surface area contributed by atoms with Crippen LogP contribution >= 0.6 is 0 Å². The van der Waals surface area contributed by atoms with Crippen molar-refractivity contribution in [2.75, 3.05) is 26.7 Å². The molecule has 0 spiro atoms. The zero-order valence-corrected chi connectivity index (χ0v) is 20.7. The van der Waals surface area contributed by atoms with Gasteiger partial charge in [0.25, 0.3) is 5.91 Å². The second kappa shape index (κ2) is 11.2. The molecule has 1 amide bonds. The van der Waals surface area contributed by atoms with Gasteiger partial charge in [-0.1, -0.05) is 19.1 Å². The Morgan fingerprint density at radius 1 is 1.25 bits per heavy atom. The fraction of sp³-hybridized carbons (Fsp3) is 0.370. The summed E-state index contributed by atoms with van der Waals surface area (Å²) in [6, 6.07) is 10.7. The fourth-order valence-corrected chi connectivity index (χ4v) is 4.34. The molecule has 9 heteroatoms. The second-order valence-electron chi connectivity index (χ2n) is 9.34. The summed E-state index contributed by atoms with van der Waals surface area (Å²) >= 11 is 0. The lowest BCUT2D eigenvalue weighted by Gasteiger charge is -2.37. The molecule has 0 aliphatic carbocycles. The van der Waals surface area contributed by atoms with E-state index in [4.69, 9.17) is 4.74 Å². The molecule has 0 bridgehead atoms. The van der Waals surface area contributed by atoms with Gasteiger partial charge in [-0.25, -0.2) is 15.0 Å². The lowest BCUT2D eigenvalue weighted by atomic mass is 9.98. The van der Waals surface area contributed by atoms with E-state index in [1.807, 2.05) is 27.0 Å². The third-order valence-corrected chi connectivity index (χ3v) is 6.40. The molecule has 1 aliphatic rings. The Morgan fingerprint density at radius 3 is 2.75 bits per heavy atom. The third-order valence-electron chi connectivity index (χ3n) is 6.40. The summed E-state index contributed by atoms with van der Waals surface area (Å²) in [7, 11) is 2.00. The molecule has 1 N–H and O–H groups in total. The maximum Gasteiger partial charge on any atom is 0.259 e. The fourth-order valence-electron chi connectivity index (χ4n) is 4.34. The van der Waals surface area contributed by atoms with Crippen molar-refractivity contribution in [3.63, 3.8) is 0 Å². The van der Waals surface area contributed by atoms with E-state index in [-0.39, 0.29) is 36.5 Å². The van der Waals surface area contributed by atoms with Gasteiger partial charge in [-0.3, -0.25) is 9.69 Å². The number of pyridine rings is 1. The number of amides is 1. The van der Waals surface area contributed by atoms with Crippen molar-refractivity contribution < 1.29 is 14.6 Å². The molecule has 0 unspecified atom stereocenters. The first-order valence-corrected chi connectivity index (χ1v) is 11.9. The van der Waals surface area contributed by atoms with Crippen molar-refractivity contribution in [3.05, 3.63) is 71.9 Å². The molecule has 0 fully saturated rings. The van der Waals surface area contributed by atoms with Crippen molar-refractivity contribution in [2.45, 2.75) is 32.5 Å². The van der Waals surface area contributed by atoms with Gasteiger partial charge >= 0.3 is 0 Å². The summed E-state index contributed by atoms with van der Waals surface area (Å²) in [6.07, 6.45) is 6.49. The maximum atomic E-state index is 13.6. The Labute approximate surface area is 211 Å². The molecular weight excluding hydrogens is 456 g/mol. The van der Waals surface area contributed by atoms with Crippen LogP contribution < -0.4 is 4.74 Å². The minimum atomic E-state index is -0.365. The Kier molecular flexibility index (Phi) is 7.88. The van der Waals surface area contributed by atoms with E-state index < -0.39 is 0 Å². The van der Waals surface area contributed by atoms with E-state index in [0.717, 1.165) is 11.1 Å². The van der Waals surface area contributed by atoms with E-state index in [2.05, 4.69) is 25.9 Å². The zero-order valence-electron chi connectivity index (χ0n) is 20.7. The van der Waals surface area contributed by atoms with E-state index >= 15 is 0 Å². The van der Waals surface area contributed by atoms with Gasteiger partial charge in [0.1, 0.15) is 18.0 Å². The SMILES string of the molecule is C[C@@H]1CN([C@@H](C)CO)C(=O)c2cc(-c3cccc(C#N)c3)cnc2O[C@H]1CN(C)Cc1cncnc1. The van der Waals surface area contributed by atoms with Crippen molar-refractivity contribution in [2.24, 2.45) is 5.92 Å². The Balaban J connectivity index is 1.67. The second-order valence-corrected chi connectivity index (χ2v) is 9.34. The van der Waals surface area contributed by atoms with Crippen LogP contribution in [-0.4, -0.2) is 74.7 Å². The number of hydrogen-bond acceptors (Lipinski definition) is 8. The van der Waals surface area contributed by atoms with Crippen LogP contribution in [0.3, 0.4) is 0 Å². The van der Waals surface area contributed by atoms with E-state index in [1.165, 1.54) is 6.33 Å². The Hall–Kier alpha value is -3.87. The van der Waals surface area contributed by atoms with Crippen LogP contribution in [0.1, 0.15) is 35.3 Å². The number of rotatable bonds is 7. The summed E-state index contributed by atoms with van der Waals surface area (Å²) in [4.78, 5) is 30.2. The van der Waals surface area contributed by atoms with Gasteiger partial charge in [-0.05, 0) is 37.7 Å². The highest BCUT2D eigenvalue weighted by molar-refractivity contribution is 5.98. The number of aromatic nitrogens is 3. The number of nitriles is 1. The van der Waals surface area contributed by atoms with E-state index in [9.17, 15) is 15.2 Å². The van der Waals surface area contributed by atoms with Gasteiger partial charge in [-0.2, -0.15) is 5.26 Å². The number of aliphatic hydroxyl groups is 1. The number of carbonyl (C=O) groups is 1. The number of aliphatic hydroxyl groups excluding tert-OH is 1. The first-order valence-electron chi connectivity index (χ1n) is 11.9. The van der Waals surface area contributed by atoms with Gasteiger partial charge < -0.3 is 14.7 Å². The van der Waals surface area contributed by atoms with Crippen molar-refractivity contribution in [1.29, 1.82) is 5.26 Å². The Morgan fingerprint density at radius 2 is 2.03 bits per heavy atom. The number of hydrogen-bond donors (Lipinski definition) is 1. The van der Waals surface area contributed by atoms with Crippen LogP contribution in [0, 0.1) is 17.2 Å². The lowest BCUT2D eigenvalue weighted by Crippen LogP contribution is -2.49. The average Bonchev–Trinajstić information content (AvgIpc) is 2.90. The molecule has 3 heterocycles. The van der Waals surface area contributed by atoms with Crippen LogP contribution in [-0.2, 0) is 6.54 Å². The summed E-state index contributed by atoms with van der Waals surface area (Å²) < 4.78 is 6.38. The molecule has 3 atom stereocenters. The first kappa shape index (κ1) is 25.2. The minimum absolute atomic E-state index is 0.0145. The molecule has 36 heavy (non-hydrogen) atoms. The van der Waals surface area contributed by atoms with Crippen molar-refractivity contribution >= 4 is 5.91 Å². The van der Waals surface area contributed by atoms with Gasteiger partial charge in [-0.15, -0.1) is 0 Å². The van der Waals surface area contributed by atoms with Crippen molar-refractivity contribution in [3.8, 4) is 23.1 Å². The number of benzene rings is 1. The normalized spacial score (nSPS) is 18.6. The molecule has 4 rings (SSSR count). The van der Waals surface area contributed by atoms with Crippen LogP contribution in [0.15, 0.2) is 55.2 Å². The summed E-state index contributed by atoms with van der Waals surface area (Å²) in [5.74, 6) is 0.0140. The number of fused-ring (bicyclic) bond motifs is 1. The number of ether oxygens (including phenoxy) is 1. The largest absolute Gasteiger partial charge is 0.472 e. The minimum Gasteiger partial charge on any atom is -0.472 e. The van der Waals surface area contributed by atoms with Crippen LogP contribution in [0.2, 0.25) is 0 Å². The van der Waals surface area contributed by atoms with E-state index in [1.54, 1.807) is 47.8 Å². The molecule has 9 nitrogen and oxygen atoms in total. The molecule has 2 aromatic heterocycles. The monoisotopic (exact) mass is 486 g/mol. The van der Waals surface area contributed by atoms with Crippen LogP contribution in [0.5, 0.6) is 5.88 Å². The topological polar surface area (TPSA) is 115 Å². The summed E-state index contributed by atoms with van der Waals surface area (Å²) in [6.45, 7) is 5.40. The molecule has 1 aromatic carbocycles. The summed E-state index contributed by atoms with van der Waals surface area (Å²) in [5, 5.41) is 19.1. The Bertz CT molecular complexity index is 1250. The highest BCUT2D eigenvalue weighted by atomic mass is 16.5. The predicted molar refractivity (Wildman–Crippen MR) is 134 cm³/mol. The average molecular weight is 487 g/mol. The predicted octanol–water partition coefficient (Wildman–Crippen LogP) is 2.76. The standard InChI is InChI=1S/C27H30N6O3/c1-18-13-33(19(2)16-34)27(35)24-8-23(22-6-4-5-20(7-22)9-28)12-31-26(24)36-25(18)15-32(3)14-21-10-29-17-30-11-21/h4-8,10-12,17-19,25,34H,13-16H2,1-3H3/t18-,19+,25+/m1/s1. The maximum absolute atomic E-state index is 13.6. The molecule has 1 aliphatic heterocycles. The third kappa shape index (κ3) is 5.67. The van der Waals surface area contributed by atoms with Gasteiger partial charge in [0.15, 0.2) is 0 Å². The van der Waals surface area contributed by atoms with E-state index in [0.29, 0.717) is 36.3 Å². The van der Waals surface area contributed by atoms with Gasteiger partial charge in [0.05, 0.1) is 24.3 Å². The van der Waals surface area contributed by atoms with Crippen molar-refractivity contribution in [1.82, 2.24) is 24.8 Å². The molecule has 0 saturated carbocycles.